The van der Waals surface area contributed by atoms with Crippen LogP contribution < -0.4 is 0 Å². The predicted molar refractivity (Wildman–Crippen MR) is 50.8 cm³/mol. The highest BCUT2D eigenvalue weighted by Crippen LogP contribution is 2.46. The Labute approximate surface area is 73.8 Å². The van der Waals surface area contributed by atoms with Crippen molar-refractivity contribution in [3.63, 3.8) is 0 Å². The molecule has 0 saturated carbocycles. The van der Waals surface area contributed by atoms with E-state index in [1.54, 1.807) is 11.9 Å². The van der Waals surface area contributed by atoms with Crippen molar-refractivity contribution in [3.8, 4) is 0 Å². The maximum absolute atomic E-state index is 7.83. The molecule has 3 heteroatoms. The second kappa shape index (κ2) is 2.09. The third kappa shape index (κ3) is 0.765. The summed E-state index contributed by atoms with van der Waals surface area (Å²) >= 11 is 0. The first-order valence-electron chi connectivity index (χ1n) is 4.14. The first-order valence-corrected chi connectivity index (χ1v) is 4.14. The SMILES string of the molecule is CN1C(=N)C(C)(C)C(C)(C)C1=N. The lowest BCUT2D eigenvalue weighted by Gasteiger charge is -2.31. The van der Waals surface area contributed by atoms with Crippen molar-refractivity contribution in [3.05, 3.63) is 0 Å². The van der Waals surface area contributed by atoms with Crippen LogP contribution in [0.5, 0.6) is 0 Å². The Hall–Kier alpha value is -0.860. The standard InChI is InChI=1S/C9H17N3/c1-8(2)6(10)12(5)7(11)9(8,3)4/h10-11H,1-5H3. The summed E-state index contributed by atoms with van der Waals surface area (Å²) in [5, 5.41) is 15.7. The van der Waals surface area contributed by atoms with Gasteiger partial charge in [-0.1, -0.05) is 27.7 Å². The molecule has 2 N–H and O–H groups in total. The van der Waals surface area contributed by atoms with Gasteiger partial charge < -0.3 is 4.90 Å². The van der Waals surface area contributed by atoms with E-state index in [1.165, 1.54) is 0 Å². The lowest BCUT2D eigenvalue weighted by molar-refractivity contribution is 0.299. The molecule has 1 rings (SSSR count). The molecule has 0 spiro atoms. The Balaban J connectivity index is 3.24. The highest BCUT2D eigenvalue weighted by Gasteiger charge is 2.53. The molecule has 1 heterocycles. The molecule has 0 atom stereocenters. The van der Waals surface area contributed by atoms with E-state index in [2.05, 4.69) is 0 Å². The highest BCUT2D eigenvalue weighted by molar-refractivity contribution is 6.10. The van der Waals surface area contributed by atoms with E-state index in [0.717, 1.165) is 0 Å². The van der Waals surface area contributed by atoms with Crippen LogP contribution in [0.25, 0.3) is 0 Å². The van der Waals surface area contributed by atoms with Gasteiger partial charge in [-0.05, 0) is 0 Å². The van der Waals surface area contributed by atoms with Crippen molar-refractivity contribution in [1.29, 1.82) is 10.8 Å². The van der Waals surface area contributed by atoms with Crippen LogP contribution in [0.15, 0.2) is 0 Å². The minimum absolute atomic E-state index is 0.223. The summed E-state index contributed by atoms with van der Waals surface area (Å²) in [7, 11) is 1.79. The van der Waals surface area contributed by atoms with Gasteiger partial charge >= 0.3 is 0 Å². The van der Waals surface area contributed by atoms with Crippen molar-refractivity contribution < 1.29 is 0 Å². The molecule has 0 bridgehead atoms. The fourth-order valence-electron chi connectivity index (χ4n) is 1.54. The van der Waals surface area contributed by atoms with Crippen molar-refractivity contribution >= 4 is 11.7 Å². The van der Waals surface area contributed by atoms with Crippen LogP contribution in [0.3, 0.4) is 0 Å². The topological polar surface area (TPSA) is 50.9 Å². The predicted octanol–water partition coefficient (Wildman–Crippen LogP) is 1.94. The van der Waals surface area contributed by atoms with E-state index < -0.39 is 0 Å². The van der Waals surface area contributed by atoms with Crippen LogP contribution in [0.1, 0.15) is 27.7 Å². The van der Waals surface area contributed by atoms with Crippen molar-refractivity contribution in [1.82, 2.24) is 4.90 Å². The molecule has 0 aliphatic carbocycles. The molecular formula is C9H17N3. The van der Waals surface area contributed by atoms with E-state index in [9.17, 15) is 0 Å². The van der Waals surface area contributed by atoms with E-state index in [4.69, 9.17) is 10.8 Å². The van der Waals surface area contributed by atoms with Gasteiger partial charge in [-0.3, -0.25) is 10.8 Å². The summed E-state index contributed by atoms with van der Waals surface area (Å²) in [6, 6.07) is 0. The Morgan fingerprint density at radius 3 is 1.25 bits per heavy atom. The lowest BCUT2D eigenvalue weighted by Crippen LogP contribution is -2.34. The Morgan fingerprint density at radius 1 is 0.917 bits per heavy atom. The van der Waals surface area contributed by atoms with Crippen molar-refractivity contribution in [2.75, 3.05) is 7.05 Å². The van der Waals surface area contributed by atoms with E-state index >= 15 is 0 Å². The summed E-state index contributed by atoms with van der Waals surface area (Å²) in [5.74, 6) is 1.08. The van der Waals surface area contributed by atoms with E-state index in [1.807, 2.05) is 27.7 Å². The quantitative estimate of drug-likeness (QED) is 0.569. The zero-order valence-corrected chi connectivity index (χ0v) is 8.45. The van der Waals surface area contributed by atoms with E-state index in [0.29, 0.717) is 11.7 Å². The lowest BCUT2D eigenvalue weighted by atomic mass is 9.70. The van der Waals surface area contributed by atoms with Gasteiger partial charge in [0.25, 0.3) is 0 Å². The Bertz CT molecular complexity index is 224. The molecule has 1 saturated heterocycles. The largest absolute Gasteiger partial charge is 0.321 e. The second-order valence-electron chi connectivity index (χ2n) is 4.51. The summed E-state index contributed by atoms with van der Waals surface area (Å²) < 4.78 is 0. The third-order valence-electron chi connectivity index (χ3n) is 3.42. The van der Waals surface area contributed by atoms with Crippen LogP contribution >= 0.6 is 0 Å². The van der Waals surface area contributed by atoms with Crippen LogP contribution in [-0.2, 0) is 0 Å². The molecule has 1 aliphatic heterocycles. The monoisotopic (exact) mass is 167 g/mol. The highest BCUT2D eigenvalue weighted by atomic mass is 15.2. The molecule has 0 radical (unpaired) electrons. The molecule has 12 heavy (non-hydrogen) atoms. The zero-order chi connectivity index (χ0) is 9.73. The number of hydrogen-bond donors (Lipinski definition) is 2. The number of rotatable bonds is 0. The smallest absolute Gasteiger partial charge is 0.108 e. The van der Waals surface area contributed by atoms with Gasteiger partial charge in [0.05, 0.1) is 0 Å². The molecule has 0 amide bonds. The van der Waals surface area contributed by atoms with Crippen molar-refractivity contribution in [2.45, 2.75) is 27.7 Å². The van der Waals surface area contributed by atoms with Gasteiger partial charge in [0.15, 0.2) is 0 Å². The van der Waals surface area contributed by atoms with Gasteiger partial charge in [0.1, 0.15) is 11.7 Å². The van der Waals surface area contributed by atoms with Crippen LogP contribution in [0.2, 0.25) is 0 Å². The molecule has 1 fully saturated rings. The summed E-state index contributed by atoms with van der Waals surface area (Å²) in [5.41, 5.74) is -0.447. The fraction of sp³-hybridized carbons (Fsp3) is 0.778. The first-order chi connectivity index (χ1) is 5.23. The van der Waals surface area contributed by atoms with Gasteiger partial charge in [0, 0.05) is 17.9 Å². The molecular weight excluding hydrogens is 150 g/mol. The van der Waals surface area contributed by atoms with Gasteiger partial charge in [-0.2, -0.15) is 0 Å². The van der Waals surface area contributed by atoms with E-state index in [-0.39, 0.29) is 10.8 Å². The average molecular weight is 167 g/mol. The van der Waals surface area contributed by atoms with Gasteiger partial charge in [-0.25, -0.2) is 0 Å². The van der Waals surface area contributed by atoms with Gasteiger partial charge in [-0.15, -0.1) is 0 Å². The fourth-order valence-corrected chi connectivity index (χ4v) is 1.54. The summed E-state index contributed by atoms with van der Waals surface area (Å²) in [4.78, 5) is 1.67. The van der Waals surface area contributed by atoms with Crippen molar-refractivity contribution in [2.24, 2.45) is 10.8 Å². The molecule has 0 aromatic heterocycles. The van der Waals surface area contributed by atoms with Crippen LogP contribution in [0, 0.1) is 21.6 Å². The van der Waals surface area contributed by atoms with Gasteiger partial charge in [0.2, 0.25) is 0 Å². The minimum atomic E-state index is -0.223. The molecule has 1 aliphatic rings. The number of nitrogens with one attached hydrogen (secondary N) is 2. The third-order valence-corrected chi connectivity index (χ3v) is 3.42. The Morgan fingerprint density at radius 2 is 1.17 bits per heavy atom. The number of amidine groups is 2. The average Bonchev–Trinajstić information content (AvgIpc) is 2.05. The maximum atomic E-state index is 7.83. The second-order valence-corrected chi connectivity index (χ2v) is 4.51. The Kier molecular flexibility index (Phi) is 1.61. The normalized spacial score (nSPS) is 26.6. The summed E-state index contributed by atoms with van der Waals surface area (Å²) in [6.07, 6.45) is 0. The first kappa shape index (κ1) is 9.23. The molecule has 0 aromatic rings. The minimum Gasteiger partial charge on any atom is -0.321 e. The zero-order valence-electron chi connectivity index (χ0n) is 8.45. The maximum Gasteiger partial charge on any atom is 0.108 e. The van der Waals surface area contributed by atoms with Crippen LogP contribution in [0.4, 0.5) is 0 Å². The molecule has 68 valence electrons. The number of likely N-dealkylation sites (tertiary alicyclic amines) is 1. The molecule has 3 nitrogen and oxygen atoms in total. The van der Waals surface area contributed by atoms with Crippen LogP contribution in [-0.4, -0.2) is 23.6 Å². The summed E-state index contributed by atoms with van der Waals surface area (Å²) in [6.45, 7) is 8.08. The number of nitrogens with zero attached hydrogens (tertiary/aromatic N) is 1. The molecule has 0 aromatic carbocycles. The number of hydrogen-bond acceptors (Lipinski definition) is 2. The molecule has 0 unspecified atom stereocenters.